The third-order valence-corrected chi connectivity index (χ3v) is 3.08. The quantitative estimate of drug-likeness (QED) is 0.817. The molecule has 0 spiro atoms. The summed E-state index contributed by atoms with van der Waals surface area (Å²) in [6.45, 7) is 2.12. The number of fused-ring (bicyclic) bond motifs is 1. The van der Waals surface area contributed by atoms with Crippen molar-refractivity contribution in [2.75, 3.05) is 13.9 Å². The van der Waals surface area contributed by atoms with Gasteiger partial charge >= 0.3 is 0 Å². The predicted octanol–water partition coefficient (Wildman–Crippen LogP) is 2.45. The lowest BCUT2D eigenvalue weighted by atomic mass is 10.1. The Bertz CT molecular complexity index is 606. The maximum absolute atomic E-state index is 11.6. The first-order chi connectivity index (χ1) is 8.13. The first-order valence-electron chi connectivity index (χ1n) is 5.08. The van der Waals surface area contributed by atoms with E-state index >= 15 is 0 Å². The molecule has 0 unspecified atom stereocenters. The monoisotopic (exact) mass is 297 g/mol. The maximum atomic E-state index is 11.6. The van der Waals surface area contributed by atoms with E-state index in [1.165, 1.54) is 9.66 Å². The molecule has 0 bridgehead atoms. The van der Waals surface area contributed by atoms with Crippen molar-refractivity contribution in [2.45, 2.75) is 6.92 Å². The molecule has 5 heteroatoms. The Kier molecular flexibility index (Phi) is 3.49. The predicted molar refractivity (Wildman–Crippen MR) is 69.8 cm³/mol. The molecule has 0 atom stereocenters. The molecule has 2 rings (SSSR count). The minimum absolute atomic E-state index is 0.136. The summed E-state index contributed by atoms with van der Waals surface area (Å²) in [6, 6.07) is 7.16. The van der Waals surface area contributed by atoms with Crippen molar-refractivity contribution in [3.8, 4) is 5.75 Å². The summed E-state index contributed by atoms with van der Waals surface area (Å²) in [7, 11) is 1.55. The molecule has 0 amide bonds. The third-order valence-electron chi connectivity index (χ3n) is 2.38. The van der Waals surface area contributed by atoms with Crippen LogP contribution in [0.5, 0.6) is 5.75 Å². The molecule has 0 N–H and O–H groups in total. The Labute approximate surface area is 107 Å². The first-order valence-corrected chi connectivity index (χ1v) is 5.78. The lowest BCUT2D eigenvalue weighted by Gasteiger charge is -2.11. The molecule has 4 nitrogen and oxygen atoms in total. The van der Waals surface area contributed by atoms with Gasteiger partial charge in [0.25, 0.3) is 5.56 Å². The molecule has 1 aromatic carbocycles. The maximum Gasteiger partial charge on any atom is 0.261 e. The van der Waals surface area contributed by atoms with Crippen molar-refractivity contribution in [3.63, 3.8) is 0 Å². The average molecular weight is 298 g/mol. The van der Waals surface area contributed by atoms with Crippen LogP contribution in [0.4, 0.5) is 0 Å². The Morgan fingerprint density at radius 1 is 1.35 bits per heavy atom. The van der Waals surface area contributed by atoms with Crippen LogP contribution < -0.4 is 10.3 Å². The highest BCUT2D eigenvalue weighted by Gasteiger charge is 2.08. The normalized spacial score (nSPS) is 10.8. The van der Waals surface area contributed by atoms with Gasteiger partial charge in [0.05, 0.1) is 16.1 Å². The van der Waals surface area contributed by atoms with E-state index in [0.29, 0.717) is 11.3 Å². The molecule has 1 aromatic heterocycles. The number of ether oxygens (including phenoxy) is 2. The summed E-state index contributed by atoms with van der Waals surface area (Å²) < 4.78 is 11.7. The summed E-state index contributed by atoms with van der Waals surface area (Å²) in [4.78, 5) is 11.6. The van der Waals surface area contributed by atoms with Crippen molar-refractivity contribution >= 4 is 27.1 Å². The Hall–Kier alpha value is -1.33. The van der Waals surface area contributed by atoms with Gasteiger partial charge in [-0.15, -0.1) is 0 Å². The molecule has 0 saturated carbocycles. The van der Waals surface area contributed by atoms with Crippen molar-refractivity contribution in [3.05, 3.63) is 40.2 Å². The third kappa shape index (κ3) is 2.35. The molecular weight excluding hydrogens is 286 g/mol. The highest BCUT2D eigenvalue weighted by atomic mass is 79.9. The van der Waals surface area contributed by atoms with E-state index in [9.17, 15) is 4.79 Å². The summed E-state index contributed by atoms with van der Waals surface area (Å²) in [5.41, 5.74) is 1.64. The number of nitrogens with zero attached hydrogens (tertiary/aromatic N) is 1. The minimum atomic E-state index is -0.136. The second-order valence-corrected chi connectivity index (χ2v) is 4.41. The summed E-state index contributed by atoms with van der Waals surface area (Å²) in [5, 5.41) is 0.938. The SMILES string of the molecule is COCOc1cc(C)cc2ccc(=O)n(Br)c12. The molecule has 1 heterocycles. The molecular formula is C12H12BrNO3. The zero-order valence-corrected chi connectivity index (χ0v) is 11.2. The van der Waals surface area contributed by atoms with Gasteiger partial charge in [-0.3, -0.25) is 4.79 Å². The molecule has 2 aromatic rings. The van der Waals surface area contributed by atoms with Gasteiger partial charge in [0, 0.05) is 18.6 Å². The fraction of sp³-hybridized carbons (Fsp3) is 0.250. The number of methoxy groups -OCH3 is 1. The van der Waals surface area contributed by atoms with Crippen LogP contribution in [0, 0.1) is 6.92 Å². The zero-order chi connectivity index (χ0) is 12.4. The number of aromatic nitrogens is 1. The van der Waals surface area contributed by atoms with Gasteiger partial charge in [-0.25, -0.2) is 3.59 Å². The summed E-state index contributed by atoms with van der Waals surface area (Å²) in [6.07, 6.45) is 0. The standard InChI is InChI=1S/C12H12BrNO3/c1-8-5-9-3-4-11(15)14(13)12(9)10(6-8)17-7-16-2/h3-6H,7H2,1-2H3. The van der Waals surface area contributed by atoms with Crippen LogP contribution in [0.25, 0.3) is 10.9 Å². The van der Waals surface area contributed by atoms with Crippen molar-refractivity contribution < 1.29 is 9.47 Å². The average Bonchev–Trinajstić information content (AvgIpc) is 2.30. The van der Waals surface area contributed by atoms with Crippen LogP contribution in [-0.4, -0.2) is 17.5 Å². The van der Waals surface area contributed by atoms with Crippen molar-refractivity contribution in [1.82, 2.24) is 3.59 Å². The van der Waals surface area contributed by atoms with E-state index in [1.54, 1.807) is 13.2 Å². The smallest absolute Gasteiger partial charge is 0.261 e. The molecule has 0 fully saturated rings. The van der Waals surface area contributed by atoms with Crippen LogP contribution in [0.3, 0.4) is 0 Å². The van der Waals surface area contributed by atoms with E-state index in [0.717, 1.165) is 10.9 Å². The van der Waals surface area contributed by atoms with Gasteiger partial charge in [0.1, 0.15) is 11.3 Å². The Morgan fingerprint density at radius 2 is 2.12 bits per heavy atom. The van der Waals surface area contributed by atoms with E-state index in [4.69, 9.17) is 9.47 Å². The number of hydrogen-bond donors (Lipinski definition) is 0. The van der Waals surface area contributed by atoms with Gasteiger partial charge < -0.3 is 9.47 Å². The van der Waals surface area contributed by atoms with Crippen LogP contribution in [-0.2, 0) is 4.74 Å². The van der Waals surface area contributed by atoms with E-state index in [-0.39, 0.29) is 12.4 Å². The van der Waals surface area contributed by atoms with E-state index in [1.807, 2.05) is 19.1 Å². The first kappa shape index (κ1) is 12.1. The topological polar surface area (TPSA) is 40.5 Å². The highest BCUT2D eigenvalue weighted by Crippen LogP contribution is 2.27. The zero-order valence-electron chi connectivity index (χ0n) is 9.57. The van der Waals surface area contributed by atoms with Gasteiger partial charge in [-0.05, 0) is 30.7 Å². The Morgan fingerprint density at radius 3 is 2.82 bits per heavy atom. The molecule has 0 saturated heterocycles. The fourth-order valence-electron chi connectivity index (χ4n) is 1.68. The van der Waals surface area contributed by atoms with Gasteiger partial charge in [0.15, 0.2) is 6.79 Å². The lowest BCUT2D eigenvalue weighted by Crippen LogP contribution is -2.12. The second kappa shape index (κ2) is 4.89. The minimum Gasteiger partial charge on any atom is -0.465 e. The molecule has 90 valence electrons. The molecule has 0 aliphatic carbocycles. The van der Waals surface area contributed by atoms with Crippen LogP contribution >= 0.6 is 16.1 Å². The fourth-order valence-corrected chi connectivity index (χ4v) is 2.18. The highest BCUT2D eigenvalue weighted by molar-refractivity contribution is 9.08. The van der Waals surface area contributed by atoms with Crippen LogP contribution in [0.1, 0.15) is 5.56 Å². The van der Waals surface area contributed by atoms with Crippen LogP contribution in [0.15, 0.2) is 29.1 Å². The van der Waals surface area contributed by atoms with E-state index < -0.39 is 0 Å². The summed E-state index contributed by atoms with van der Waals surface area (Å²) >= 11 is 3.23. The number of pyridine rings is 1. The molecule has 17 heavy (non-hydrogen) atoms. The summed E-state index contributed by atoms with van der Waals surface area (Å²) in [5.74, 6) is 0.622. The molecule has 0 aliphatic rings. The van der Waals surface area contributed by atoms with E-state index in [2.05, 4.69) is 16.1 Å². The lowest BCUT2D eigenvalue weighted by molar-refractivity contribution is 0.0520. The van der Waals surface area contributed by atoms with Gasteiger partial charge in [-0.2, -0.15) is 0 Å². The van der Waals surface area contributed by atoms with Crippen molar-refractivity contribution in [2.24, 2.45) is 0 Å². The van der Waals surface area contributed by atoms with Gasteiger partial charge in [-0.1, -0.05) is 0 Å². The van der Waals surface area contributed by atoms with Crippen LogP contribution in [0.2, 0.25) is 0 Å². The Balaban J connectivity index is 2.71. The number of aryl methyl sites for hydroxylation is 1. The number of halogens is 1. The number of hydrogen-bond acceptors (Lipinski definition) is 3. The molecule has 0 radical (unpaired) electrons. The molecule has 0 aliphatic heterocycles. The largest absolute Gasteiger partial charge is 0.465 e. The number of rotatable bonds is 3. The second-order valence-electron chi connectivity index (χ2n) is 3.70. The number of benzene rings is 1. The van der Waals surface area contributed by atoms with Gasteiger partial charge in [0.2, 0.25) is 0 Å². The van der Waals surface area contributed by atoms with Crippen molar-refractivity contribution in [1.29, 1.82) is 0 Å².